The molecule has 0 aliphatic rings. The Labute approximate surface area is 122 Å². The molecule has 1 N–H and O–H groups in total. The van der Waals surface area contributed by atoms with E-state index in [0.717, 1.165) is 11.0 Å². The van der Waals surface area contributed by atoms with Crippen LogP contribution < -0.4 is 22.0 Å². The van der Waals surface area contributed by atoms with E-state index in [2.05, 4.69) is 15.9 Å². The van der Waals surface area contributed by atoms with Gasteiger partial charge in [0.1, 0.15) is 18.9 Å². The zero-order chi connectivity index (χ0) is 12.7. The van der Waals surface area contributed by atoms with Crippen molar-refractivity contribution in [2.45, 2.75) is 0 Å². The van der Waals surface area contributed by atoms with E-state index < -0.39 is 0 Å². The molecule has 1 aromatic rings. The van der Waals surface area contributed by atoms with Crippen molar-refractivity contribution in [3.05, 3.63) is 28.7 Å². The standard InChI is InChI=1S/C12H16BrNO3.ClH/c1-14(2)7-8-16-12(15)9-17-11-5-3-10(13)4-6-11;/h3-6H,7-9H2,1-2H3;1H. The maximum absolute atomic E-state index is 11.3. The third-order valence-corrected chi connectivity index (χ3v) is 2.56. The summed E-state index contributed by atoms with van der Waals surface area (Å²) in [4.78, 5) is 12.5. The van der Waals surface area contributed by atoms with E-state index in [4.69, 9.17) is 9.47 Å². The molecule has 1 rings (SSSR count). The van der Waals surface area contributed by atoms with Gasteiger partial charge in [-0.2, -0.15) is 0 Å². The van der Waals surface area contributed by atoms with Gasteiger partial charge in [-0.15, -0.1) is 0 Å². The van der Waals surface area contributed by atoms with Gasteiger partial charge in [0, 0.05) is 4.47 Å². The van der Waals surface area contributed by atoms with Gasteiger partial charge in [0.2, 0.25) is 0 Å². The molecule has 0 aliphatic carbocycles. The number of carbonyl (C=O) groups excluding carboxylic acids is 1. The van der Waals surface area contributed by atoms with Gasteiger partial charge in [-0.3, -0.25) is 0 Å². The Morgan fingerprint density at radius 2 is 1.89 bits per heavy atom. The minimum Gasteiger partial charge on any atom is -1.00 e. The quantitative estimate of drug-likeness (QED) is 0.584. The second-order valence-corrected chi connectivity index (χ2v) is 4.84. The Hall–Kier alpha value is -0.780. The first-order valence-corrected chi connectivity index (χ1v) is 6.20. The van der Waals surface area contributed by atoms with Crippen LogP contribution in [0.1, 0.15) is 0 Å². The molecule has 6 heteroatoms. The van der Waals surface area contributed by atoms with Crippen molar-refractivity contribution in [1.82, 2.24) is 0 Å². The third-order valence-electron chi connectivity index (χ3n) is 2.04. The number of hydrogen-bond acceptors (Lipinski definition) is 3. The second-order valence-electron chi connectivity index (χ2n) is 3.92. The lowest BCUT2D eigenvalue weighted by Crippen LogP contribution is -3.06. The molecule has 0 bridgehead atoms. The number of quaternary nitrogens is 1. The molecule has 0 radical (unpaired) electrons. The van der Waals surface area contributed by atoms with Gasteiger partial charge in [0.25, 0.3) is 0 Å². The van der Waals surface area contributed by atoms with Crippen LogP contribution in [0.3, 0.4) is 0 Å². The first kappa shape index (κ1) is 17.2. The minimum atomic E-state index is -0.339. The lowest BCUT2D eigenvalue weighted by atomic mass is 10.3. The fourth-order valence-corrected chi connectivity index (χ4v) is 1.35. The highest BCUT2D eigenvalue weighted by Gasteiger charge is 2.05. The van der Waals surface area contributed by atoms with E-state index in [-0.39, 0.29) is 25.0 Å². The molecule has 0 heterocycles. The average Bonchev–Trinajstić information content (AvgIpc) is 2.28. The summed E-state index contributed by atoms with van der Waals surface area (Å²) in [6, 6.07) is 7.30. The average molecular weight is 339 g/mol. The predicted octanol–water partition coefficient (Wildman–Crippen LogP) is -2.48. The zero-order valence-electron chi connectivity index (χ0n) is 10.4. The molecule has 0 saturated heterocycles. The summed E-state index contributed by atoms with van der Waals surface area (Å²) in [5.74, 6) is 0.317. The van der Waals surface area contributed by atoms with Crippen LogP contribution in [0.5, 0.6) is 5.75 Å². The van der Waals surface area contributed by atoms with Crippen LogP contribution in [0.15, 0.2) is 28.7 Å². The van der Waals surface area contributed by atoms with Gasteiger partial charge in [0.05, 0.1) is 14.1 Å². The highest BCUT2D eigenvalue weighted by Crippen LogP contribution is 2.15. The van der Waals surface area contributed by atoms with Crippen molar-refractivity contribution in [2.24, 2.45) is 0 Å². The maximum Gasteiger partial charge on any atom is 0.344 e. The van der Waals surface area contributed by atoms with Crippen molar-refractivity contribution >= 4 is 21.9 Å². The Balaban J connectivity index is 0.00000289. The fourth-order valence-electron chi connectivity index (χ4n) is 1.08. The van der Waals surface area contributed by atoms with Crippen molar-refractivity contribution in [3.8, 4) is 5.75 Å². The normalized spacial score (nSPS) is 9.78. The van der Waals surface area contributed by atoms with E-state index in [1.165, 1.54) is 4.90 Å². The summed E-state index contributed by atoms with van der Waals surface area (Å²) in [7, 11) is 4.01. The van der Waals surface area contributed by atoms with E-state index in [0.29, 0.717) is 12.4 Å². The number of esters is 1. The molecule has 0 fully saturated rings. The maximum atomic E-state index is 11.3. The van der Waals surface area contributed by atoms with Crippen LogP contribution in [-0.4, -0.2) is 39.8 Å². The molecule has 0 saturated carbocycles. The van der Waals surface area contributed by atoms with Gasteiger partial charge in [0.15, 0.2) is 6.61 Å². The smallest absolute Gasteiger partial charge is 0.344 e. The SMILES string of the molecule is C[NH+](C)CCOC(=O)COc1ccc(Br)cc1.[Cl-]. The summed E-state index contributed by atoms with van der Waals surface area (Å²) >= 11 is 3.32. The highest BCUT2D eigenvalue weighted by molar-refractivity contribution is 9.10. The number of ether oxygens (including phenoxy) is 2. The lowest BCUT2D eigenvalue weighted by Gasteiger charge is -2.09. The molecule has 0 aliphatic heterocycles. The number of nitrogens with one attached hydrogen (secondary N) is 1. The molecule has 0 aromatic heterocycles. The first-order valence-electron chi connectivity index (χ1n) is 5.41. The largest absolute Gasteiger partial charge is 1.00 e. The van der Waals surface area contributed by atoms with Gasteiger partial charge in [-0.25, -0.2) is 4.79 Å². The summed E-state index contributed by atoms with van der Waals surface area (Å²) in [6.07, 6.45) is 0. The molecule has 0 amide bonds. The van der Waals surface area contributed by atoms with Crippen LogP contribution >= 0.6 is 15.9 Å². The molecule has 0 unspecified atom stereocenters. The molecule has 0 atom stereocenters. The van der Waals surface area contributed by atoms with Gasteiger partial charge in [-0.05, 0) is 24.3 Å². The minimum absolute atomic E-state index is 0. The van der Waals surface area contributed by atoms with Crippen molar-refractivity contribution in [2.75, 3.05) is 33.9 Å². The van der Waals surface area contributed by atoms with Crippen LogP contribution in [0, 0.1) is 0 Å². The molecule has 4 nitrogen and oxygen atoms in total. The van der Waals surface area contributed by atoms with Crippen LogP contribution in [-0.2, 0) is 9.53 Å². The number of likely N-dealkylation sites (N-methyl/N-ethyl adjacent to an activating group) is 1. The Morgan fingerprint density at radius 1 is 1.28 bits per heavy atom. The number of hydrogen-bond donors (Lipinski definition) is 1. The summed E-state index contributed by atoms with van der Waals surface area (Å²) < 4.78 is 11.3. The second kappa shape index (κ2) is 9.19. The first-order chi connectivity index (χ1) is 8.08. The van der Waals surface area contributed by atoms with E-state index >= 15 is 0 Å². The Morgan fingerprint density at radius 3 is 2.44 bits per heavy atom. The zero-order valence-corrected chi connectivity index (χ0v) is 12.8. The molecular formula is C12H17BrClNO3. The third kappa shape index (κ3) is 7.53. The van der Waals surface area contributed by atoms with Gasteiger partial charge >= 0.3 is 5.97 Å². The predicted molar refractivity (Wildman–Crippen MR) is 68.3 cm³/mol. The lowest BCUT2D eigenvalue weighted by molar-refractivity contribution is -0.858. The van der Waals surface area contributed by atoms with Crippen molar-refractivity contribution < 1.29 is 31.6 Å². The van der Waals surface area contributed by atoms with Crippen LogP contribution in [0.2, 0.25) is 0 Å². The van der Waals surface area contributed by atoms with Gasteiger partial charge < -0.3 is 26.8 Å². The van der Waals surface area contributed by atoms with Gasteiger partial charge in [-0.1, -0.05) is 15.9 Å². The molecule has 102 valence electrons. The molecule has 0 spiro atoms. The monoisotopic (exact) mass is 337 g/mol. The van der Waals surface area contributed by atoms with Crippen molar-refractivity contribution in [3.63, 3.8) is 0 Å². The number of carbonyl (C=O) groups is 1. The number of benzene rings is 1. The van der Waals surface area contributed by atoms with E-state index in [9.17, 15) is 4.79 Å². The number of halogens is 2. The Bertz CT molecular complexity index is 357. The topological polar surface area (TPSA) is 40.0 Å². The fraction of sp³-hybridized carbons (Fsp3) is 0.417. The molecule has 18 heavy (non-hydrogen) atoms. The van der Waals surface area contributed by atoms with Crippen LogP contribution in [0.4, 0.5) is 0 Å². The summed E-state index contributed by atoms with van der Waals surface area (Å²) in [6.45, 7) is 1.17. The van der Waals surface area contributed by atoms with Crippen LogP contribution in [0.25, 0.3) is 0 Å². The number of rotatable bonds is 6. The van der Waals surface area contributed by atoms with E-state index in [1.54, 1.807) is 12.1 Å². The Kier molecular flexibility index (Phi) is 8.79. The van der Waals surface area contributed by atoms with Crippen molar-refractivity contribution in [1.29, 1.82) is 0 Å². The van der Waals surface area contributed by atoms with E-state index in [1.807, 2.05) is 26.2 Å². The highest BCUT2D eigenvalue weighted by atomic mass is 79.9. The summed E-state index contributed by atoms with van der Waals surface area (Å²) in [5, 5.41) is 0. The molecular weight excluding hydrogens is 321 g/mol. The molecule has 1 aromatic carbocycles. The summed E-state index contributed by atoms with van der Waals surface area (Å²) in [5.41, 5.74) is 0.